The van der Waals surface area contributed by atoms with Crippen molar-refractivity contribution in [1.82, 2.24) is 19.9 Å². The predicted octanol–water partition coefficient (Wildman–Crippen LogP) is 9.02. The van der Waals surface area contributed by atoms with E-state index in [9.17, 15) is 0 Å². The van der Waals surface area contributed by atoms with Gasteiger partial charge in [-0.05, 0) is 98.0 Å². The van der Waals surface area contributed by atoms with Gasteiger partial charge >= 0.3 is 0 Å². The molecule has 2 aliphatic heterocycles. The highest BCUT2D eigenvalue weighted by molar-refractivity contribution is 5.91. The van der Waals surface area contributed by atoms with Crippen LogP contribution in [0.5, 0.6) is 5.75 Å². The van der Waals surface area contributed by atoms with Crippen LogP contribution in [0.2, 0.25) is 0 Å². The number of aryl methyl sites for hydroxylation is 1. The van der Waals surface area contributed by atoms with Gasteiger partial charge in [0, 0.05) is 38.8 Å². The summed E-state index contributed by atoms with van der Waals surface area (Å²) in [5.41, 5.74) is 12.8. The molecule has 0 spiro atoms. The smallest absolute Gasteiger partial charge is 0.119 e. The lowest BCUT2D eigenvalue weighted by atomic mass is 10.0. The van der Waals surface area contributed by atoms with E-state index < -0.39 is 0 Å². The van der Waals surface area contributed by atoms with Crippen LogP contribution in [0.1, 0.15) is 73.4 Å². The van der Waals surface area contributed by atoms with Gasteiger partial charge in [0.1, 0.15) is 5.75 Å². The van der Waals surface area contributed by atoms with E-state index in [1.165, 1.54) is 11.1 Å². The molecule has 4 aromatic rings. The number of H-pyrrole nitrogens is 2. The maximum absolute atomic E-state index is 5.57. The SMILES string of the molecule is CCCCc1c2nc(c(CCCC)c3ccc(cc4ccc([nH]4)c(-c4cccc(OC)c4)c4nc1C=C4)[nH]3)C=C2. The van der Waals surface area contributed by atoms with E-state index in [1.807, 2.05) is 12.1 Å². The molecular formula is C35H36N4O. The molecule has 0 radical (unpaired) electrons. The molecule has 0 unspecified atom stereocenters. The molecule has 0 amide bonds. The van der Waals surface area contributed by atoms with Gasteiger partial charge in [0.05, 0.1) is 29.9 Å². The maximum Gasteiger partial charge on any atom is 0.119 e. The number of nitrogens with zero attached hydrogens (tertiary/aromatic N) is 2. The number of rotatable bonds is 8. The summed E-state index contributed by atoms with van der Waals surface area (Å²) in [6.07, 6.45) is 15.1. The highest BCUT2D eigenvalue weighted by Gasteiger charge is 2.17. The van der Waals surface area contributed by atoms with Crippen molar-refractivity contribution >= 4 is 46.4 Å². The van der Waals surface area contributed by atoms with Gasteiger partial charge < -0.3 is 14.7 Å². The van der Waals surface area contributed by atoms with Crippen LogP contribution >= 0.6 is 0 Å². The number of unbranched alkanes of at least 4 members (excludes halogenated alkanes) is 2. The largest absolute Gasteiger partial charge is 0.497 e. The first kappa shape index (κ1) is 25.9. The van der Waals surface area contributed by atoms with Gasteiger partial charge in [0.25, 0.3) is 0 Å². The van der Waals surface area contributed by atoms with E-state index in [0.717, 1.165) is 100 Å². The first-order valence-electron chi connectivity index (χ1n) is 14.4. The fourth-order valence-corrected chi connectivity index (χ4v) is 5.56. The van der Waals surface area contributed by atoms with Gasteiger partial charge in [0.2, 0.25) is 0 Å². The van der Waals surface area contributed by atoms with Crippen LogP contribution in [0, 0.1) is 0 Å². The summed E-state index contributed by atoms with van der Waals surface area (Å²) in [7, 11) is 1.70. The molecule has 5 heterocycles. The molecule has 5 nitrogen and oxygen atoms in total. The number of hydrogen-bond donors (Lipinski definition) is 2. The van der Waals surface area contributed by atoms with E-state index >= 15 is 0 Å². The van der Waals surface area contributed by atoms with Gasteiger partial charge in [-0.3, -0.25) is 0 Å². The number of benzene rings is 1. The van der Waals surface area contributed by atoms with Crippen LogP contribution in [0.3, 0.4) is 0 Å². The quantitative estimate of drug-likeness (QED) is 0.207. The summed E-state index contributed by atoms with van der Waals surface area (Å²) in [6.45, 7) is 4.47. The second-order valence-corrected chi connectivity index (χ2v) is 10.5. The lowest BCUT2D eigenvalue weighted by molar-refractivity contribution is 0.415. The predicted molar refractivity (Wildman–Crippen MR) is 168 cm³/mol. The molecular weight excluding hydrogens is 492 g/mol. The number of hydrogen-bond acceptors (Lipinski definition) is 3. The third-order valence-corrected chi connectivity index (χ3v) is 7.71. The molecule has 8 bridgehead atoms. The Morgan fingerprint density at radius 2 is 1.25 bits per heavy atom. The van der Waals surface area contributed by atoms with E-state index in [-0.39, 0.29) is 0 Å². The zero-order valence-corrected chi connectivity index (χ0v) is 23.6. The topological polar surface area (TPSA) is 66.6 Å². The van der Waals surface area contributed by atoms with Crippen LogP contribution in [-0.2, 0) is 12.8 Å². The van der Waals surface area contributed by atoms with Crippen molar-refractivity contribution in [2.45, 2.75) is 52.4 Å². The Bertz CT molecular complexity index is 1770. The Labute approximate surface area is 235 Å². The summed E-state index contributed by atoms with van der Waals surface area (Å²) < 4.78 is 5.57. The molecule has 6 rings (SSSR count). The van der Waals surface area contributed by atoms with Crippen molar-refractivity contribution in [1.29, 1.82) is 0 Å². The van der Waals surface area contributed by atoms with Crippen LogP contribution in [0.15, 0.2) is 54.6 Å². The Morgan fingerprint density at radius 1 is 0.650 bits per heavy atom. The zero-order chi connectivity index (χ0) is 27.5. The van der Waals surface area contributed by atoms with Gasteiger partial charge in [0.15, 0.2) is 0 Å². The van der Waals surface area contributed by atoms with Crippen LogP contribution < -0.4 is 4.74 Å². The molecule has 1 aromatic carbocycles. The van der Waals surface area contributed by atoms with Gasteiger partial charge in [-0.15, -0.1) is 0 Å². The lowest BCUT2D eigenvalue weighted by Gasteiger charge is -2.07. The molecule has 2 N–H and O–H groups in total. The minimum absolute atomic E-state index is 0.819. The van der Waals surface area contributed by atoms with E-state index in [4.69, 9.17) is 14.7 Å². The second kappa shape index (κ2) is 11.4. The van der Waals surface area contributed by atoms with Crippen molar-refractivity contribution in [2.75, 3.05) is 7.11 Å². The first-order valence-corrected chi connectivity index (χ1v) is 14.4. The maximum atomic E-state index is 5.57. The minimum atomic E-state index is 0.819. The van der Waals surface area contributed by atoms with E-state index in [2.05, 4.69) is 90.6 Å². The van der Waals surface area contributed by atoms with E-state index in [0.29, 0.717) is 0 Å². The molecule has 202 valence electrons. The number of aromatic amines is 2. The summed E-state index contributed by atoms with van der Waals surface area (Å²) >= 11 is 0. The molecule has 0 atom stereocenters. The standard InChI is InChI=1S/C35H36N4O/c1-4-6-11-27-29-15-13-24(36-29)22-25-14-16-33(37-25)35(23-9-8-10-26(21-23)40-3)34-20-19-32(39-34)28(12-7-5-2)31-18-17-30(27)38-31/h8-10,13-22,36-37H,4-7,11-12H2,1-3H3. The van der Waals surface area contributed by atoms with Gasteiger partial charge in [-0.2, -0.15) is 0 Å². The third kappa shape index (κ3) is 5.12. The summed E-state index contributed by atoms with van der Waals surface area (Å²) in [6, 6.07) is 19.0. The fraction of sp³-hybridized carbons (Fsp3) is 0.257. The average molecular weight is 529 g/mol. The second-order valence-electron chi connectivity index (χ2n) is 10.5. The molecule has 3 aromatic heterocycles. The summed E-state index contributed by atoms with van der Waals surface area (Å²) in [5.74, 6) is 0.819. The Morgan fingerprint density at radius 3 is 1.95 bits per heavy atom. The van der Waals surface area contributed by atoms with Crippen LogP contribution in [0.25, 0.3) is 57.5 Å². The number of ether oxygens (including phenoxy) is 1. The number of fused-ring (bicyclic) bond motifs is 8. The Balaban J connectivity index is 1.71. The first-order chi connectivity index (χ1) is 19.7. The molecule has 0 saturated heterocycles. The Kier molecular flexibility index (Phi) is 7.37. The number of aromatic nitrogens is 4. The Hall–Kier alpha value is -4.38. The van der Waals surface area contributed by atoms with Crippen LogP contribution in [-0.4, -0.2) is 27.0 Å². The van der Waals surface area contributed by atoms with Gasteiger partial charge in [-0.1, -0.05) is 38.8 Å². The lowest BCUT2D eigenvalue weighted by Crippen LogP contribution is -1.96. The normalized spacial score (nSPS) is 12.3. The molecule has 2 aliphatic rings. The highest BCUT2D eigenvalue weighted by atomic mass is 16.5. The monoisotopic (exact) mass is 528 g/mol. The molecule has 0 aliphatic carbocycles. The van der Waals surface area contributed by atoms with Crippen molar-refractivity contribution in [2.24, 2.45) is 0 Å². The fourth-order valence-electron chi connectivity index (χ4n) is 5.56. The summed E-state index contributed by atoms with van der Waals surface area (Å²) in [5, 5.41) is 0. The summed E-state index contributed by atoms with van der Waals surface area (Å²) in [4.78, 5) is 17.8. The molecule has 0 fully saturated rings. The van der Waals surface area contributed by atoms with Gasteiger partial charge in [-0.25, -0.2) is 9.97 Å². The van der Waals surface area contributed by atoms with Crippen molar-refractivity contribution < 1.29 is 4.74 Å². The molecule has 0 saturated carbocycles. The molecule has 40 heavy (non-hydrogen) atoms. The van der Waals surface area contributed by atoms with Crippen molar-refractivity contribution in [3.63, 3.8) is 0 Å². The zero-order valence-electron chi connectivity index (χ0n) is 23.6. The number of methoxy groups -OCH3 is 1. The minimum Gasteiger partial charge on any atom is -0.497 e. The van der Waals surface area contributed by atoms with Crippen LogP contribution in [0.4, 0.5) is 0 Å². The number of nitrogens with one attached hydrogen (secondary N) is 2. The molecule has 5 heteroatoms. The van der Waals surface area contributed by atoms with Crippen molar-refractivity contribution in [3.8, 4) is 16.9 Å². The highest BCUT2D eigenvalue weighted by Crippen LogP contribution is 2.33. The van der Waals surface area contributed by atoms with Crippen molar-refractivity contribution in [3.05, 3.63) is 88.5 Å². The third-order valence-electron chi connectivity index (χ3n) is 7.71. The average Bonchev–Trinajstić information content (AvgIpc) is 3.79. The van der Waals surface area contributed by atoms with E-state index in [1.54, 1.807) is 7.11 Å².